The number of hydrazine groups is 1. The number of amides is 3. The summed E-state index contributed by atoms with van der Waals surface area (Å²) in [6.45, 7) is 0.965. The standard InChI is InChI=1S/C18H18FN3O4/c1-12(23)20-14-8-6-13(7-9-14)10-17(24)21-22-18(25)11-26-16-5-3-2-4-15(16)19/h2-9H,10-11H2,1H3,(H,20,23)(H,21,24)(H,22,25). The molecule has 0 aromatic heterocycles. The van der Waals surface area contributed by atoms with Crippen LogP contribution in [0.15, 0.2) is 48.5 Å². The summed E-state index contributed by atoms with van der Waals surface area (Å²) in [5.41, 5.74) is 5.76. The lowest BCUT2D eigenvalue weighted by Crippen LogP contribution is -2.44. The summed E-state index contributed by atoms with van der Waals surface area (Å²) in [7, 11) is 0. The van der Waals surface area contributed by atoms with Crippen LogP contribution in [0.4, 0.5) is 10.1 Å². The highest BCUT2D eigenvalue weighted by atomic mass is 19.1. The van der Waals surface area contributed by atoms with Gasteiger partial charge in [-0.05, 0) is 29.8 Å². The lowest BCUT2D eigenvalue weighted by atomic mass is 10.1. The highest BCUT2D eigenvalue weighted by molar-refractivity contribution is 5.88. The zero-order valence-electron chi connectivity index (χ0n) is 14.0. The lowest BCUT2D eigenvalue weighted by molar-refractivity contribution is -0.129. The molecule has 7 nitrogen and oxygen atoms in total. The predicted molar refractivity (Wildman–Crippen MR) is 92.6 cm³/mol. The van der Waals surface area contributed by atoms with Gasteiger partial charge in [0.1, 0.15) is 0 Å². The Morgan fingerprint density at radius 3 is 2.27 bits per heavy atom. The van der Waals surface area contributed by atoms with Gasteiger partial charge >= 0.3 is 0 Å². The second-order valence-corrected chi connectivity index (χ2v) is 5.37. The van der Waals surface area contributed by atoms with Crippen LogP contribution < -0.4 is 20.9 Å². The Balaban J connectivity index is 1.73. The SMILES string of the molecule is CC(=O)Nc1ccc(CC(=O)NNC(=O)COc2ccccc2F)cc1. The minimum Gasteiger partial charge on any atom is -0.481 e. The van der Waals surface area contributed by atoms with E-state index in [-0.39, 0.29) is 18.1 Å². The van der Waals surface area contributed by atoms with Crippen molar-refractivity contribution in [2.45, 2.75) is 13.3 Å². The highest BCUT2D eigenvalue weighted by Gasteiger charge is 2.08. The predicted octanol–water partition coefficient (Wildman–Crippen LogP) is 1.55. The number of nitrogens with one attached hydrogen (secondary N) is 3. The van der Waals surface area contributed by atoms with Crippen molar-refractivity contribution in [3.05, 3.63) is 59.9 Å². The van der Waals surface area contributed by atoms with E-state index in [2.05, 4.69) is 16.2 Å². The molecule has 0 saturated carbocycles. The van der Waals surface area contributed by atoms with Gasteiger partial charge < -0.3 is 10.1 Å². The number of hydrogen-bond donors (Lipinski definition) is 3. The van der Waals surface area contributed by atoms with Gasteiger partial charge in [0.2, 0.25) is 11.8 Å². The number of para-hydroxylation sites is 1. The highest BCUT2D eigenvalue weighted by Crippen LogP contribution is 2.14. The largest absolute Gasteiger partial charge is 0.481 e. The number of benzene rings is 2. The van der Waals surface area contributed by atoms with E-state index in [0.717, 1.165) is 0 Å². The quantitative estimate of drug-likeness (QED) is 0.682. The number of hydrogen-bond acceptors (Lipinski definition) is 4. The second kappa shape index (κ2) is 9.16. The van der Waals surface area contributed by atoms with Crippen molar-refractivity contribution in [1.82, 2.24) is 10.9 Å². The van der Waals surface area contributed by atoms with Crippen LogP contribution in [0.1, 0.15) is 12.5 Å². The van der Waals surface area contributed by atoms with Gasteiger partial charge in [-0.25, -0.2) is 4.39 Å². The van der Waals surface area contributed by atoms with Crippen LogP contribution in [0, 0.1) is 5.82 Å². The molecule has 3 amide bonds. The van der Waals surface area contributed by atoms with Crippen molar-refractivity contribution < 1.29 is 23.5 Å². The maximum atomic E-state index is 13.3. The van der Waals surface area contributed by atoms with Gasteiger partial charge in [-0.15, -0.1) is 0 Å². The Bertz CT molecular complexity index is 793. The zero-order chi connectivity index (χ0) is 18.9. The number of anilines is 1. The Morgan fingerprint density at radius 2 is 1.62 bits per heavy atom. The van der Waals surface area contributed by atoms with Crippen LogP contribution in [-0.4, -0.2) is 24.3 Å². The summed E-state index contributed by atoms with van der Waals surface area (Å²) in [4.78, 5) is 34.4. The van der Waals surface area contributed by atoms with Gasteiger partial charge in [-0.1, -0.05) is 24.3 Å². The molecule has 2 aromatic carbocycles. The van der Waals surface area contributed by atoms with Gasteiger partial charge in [0.25, 0.3) is 5.91 Å². The first-order valence-corrected chi connectivity index (χ1v) is 7.75. The molecule has 2 aromatic rings. The van der Waals surface area contributed by atoms with E-state index in [4.69, 9.17) is 4.74 Å². The molecule has 8 heteroatoms. The number of rotatable bonds is 6. The fraction of sp³-hybridized carbons (Fsp3) is 0.167. The van der Waals surface area contributed by atoms with E-state index < -0.39 is 24.2 Å². The van der Waals surface area contributed by atoms with E-state index >= 15 is 0 Å². The minimum atomic E-state index is -0.623. The van der Waals surface area contributed by atoms with E-state index in [0.29, 0.717) is 11.3 Å². The Morgan fingerprint density at radius 1 is 0.962 bits per heavy atom. The average molecular weight is 359 g/mol. The maximum absolute atomic E-state index is 13.3. The van der Waals surface area contributed by atoms with Crippen LogP contribution in [0.5, 0.6) is 5.75 Å². The molecule has 0 radical (unpaired) electrons. The van der Waals surface area contributed by atoms with Crippen molar-refractivity contribution in [1.29, 1.82) is 0 Å². The molecule has 0 saturated heterocycles. The zero-order valence-corrected chi connectivity index (χ0v) is 14.0. The van der Waals surface area contributed by atoms with Crippen LogP contribution in [-0.2, 0) is 20.8 Å². The maximum Gasteiger partial charge on any atom is 0.276 e. The molecule has 3 N–H and O–H groups in total. The fourth-order valence-electron chi connectivity index (χ4n) is 2.02. The van der Waals surface area contributed by atoms with Gasteiger partial charge in [0.15, 0.2) is 18.2 Å². The number of carbonyl (C=O) groups is 3. The summed E-state index contributed by atoms with van der Waals surface area (Å²) in [6, 6.07) is 12.4. The first-order chi connectivity index (χ1) is 12.4. The summed E-state index contributed by atoms with van der Waals surface area (Å²) in [6.07, 6.45) is 0.0365. The first kappa shape index (κ1) is 18.9. The van der Waals surface area contributed by atoms with E-state index in [9.17, 15) is 18.8 Å². The Kier molecular flexibility index (Phi) is 6.67. The van der Waals surface area contributed by atoms with Crippen LogP contribution in [0.3, 0.4) is 0 Å². The molecular weight excluding hydrogens is 341 g/mol. The summed E-state index contributed by atoms with van der Waals surface area (Å²) in [5, 5.41) is 2.62. The van der Waals surface area contributed by atoms with Crippen molar-refractivity contribution in [3.8, 4) is 5.75 Å². The van der Waals surface area contributed by atoms with Crippen molar-refractivity contribution in [2.75, 3.05) is 11.9 Å². The molecule has 0 bridgehead atoms. The molecule has 0 fully saturated rings. The third-order valence-corrected chi connectivity index (χ3v) is 3.18. The van der Waals surface area contributed by atoms with Gasteiger partial charge in [0.05, 0.1) is 6.42 Å². The molecule has 136 valence electrons. The summed E-state index contributed by atoms with van der Waals surface area (Å²) in [5.74, 6) is -1.87. The van der Waals surface area contributed by atoms with Crippen molar-refractivity contribution in [2.24, 2.45) is 0 Å². The molecule has 0 aliphatic rings. The molecular formula is C18H18FN3O4. The normalized spacial score (nSPS) is 9.92. The van der Waals surface area contributed by atoms with Gasteiger partial charge in [-0.2, -0.15) is 0 Å². The topological polar surface area (TPSA) is 96.5 Å². The van der Waals surface area contributed by atoms with E-state index in [1.807, 2.05) is 0 Å². The monoisotopic (exact) mass is 359 g/mol. The molecule has 0 spiro atoms. The molecule has 26 heavy (non-hydrogen) atoms. The summed E-state index contributed by atoms with van der Waals surface area (Å²) < 4.78 is 18.4. The summed E-state index contributed by atoms with van der Waals surface area (Å²) >= 11 is 0. The van der Waals surface area contributed by atoms with E-state index in [1.54, 1.807) is 30.3 Å². The van der Waals surface area contributed by atoms with Crippen molar-refractivity contribution >= 4 is 23.4 Å². The van der Waals surface area contributed by atoms with E-state index in [1.165, 1.54) is 25.1 Å². The molecule has 0 heterocycles. The Hall–Kier alpha value is -3.42. The first-order valence-electron chi connectivity index (χ1n) is 7.75. The number of carbonyl (C=O) groups excluding carboxylic acids is 3. The molecule has 2 rings (SSSR count). The fourth-order valence-corrected chi connectivity index (χ4v) is 2.02. The number of ether oxygens (including phenoxy) is 1. The van der Waals surface area contributed by atoms with Crippen LogP contribution in [0.25, 0.3) is 0 Å². The smallest absolute Gasteiger partial charge is 0.276 e. The third-order valence-electron chi connectivity index (χ3n) is 3.18. The van der Waals surface area contributed by atoms with Gasteiger partial charge in [0, 0.05) is 12.6 Å². The van der Waals surface area contributed by atoms with Crippen molar-refractivity contribution in [3.63, 3.8) is 0 Å². The van der Waals surface area contributed by atoms with Gasteiger partial charge in [-0.3, -0.25) is 25.2 Å². The molecule has 0 unspecified atom stereocenters. The Labute approximate surface area is 149 Å². The molecule has 0 aliphatic heterocycles. The molecule has 0 aliphatic carbocycles. The average Bonchev–Trinajstić information content (AvgIpc) is 2.60. The van der Waals surface area contributed by atoms with Crippen LogP contribution in [0.2, 0.25) is 0 Å². The number of halogens is 1. The third kappa shape index (κ3) is 6.23. The lowest BCUT2D eigenvalue weighted by Gasteiger charge is -2.09. The molecule has 0 atom stereocenters. The van der Waals surface area contributed by atoms with Crippen LogP contribution >= 0.6 is 0 Å². The minimum absolute atomic E-state index is 0.0365. The second-order valence-electron chi connectivity index (χ2n) is 5.37.